The Hall–Kier alpha value is -1.83. The van der Waals surface area contributed by atoms with Crippen LogP contribution in [0.1, 0.15) is 13.3 Å². The van der Waals surface area contributed by atoms with E-state index in [0.29, 0.717) is 0 Å². The van der Waals surface area contributed by atoms with Crippen molar-refractivity contribution in [1.82, 2.24) is 10.6 Å². The summed E-state index contributed by atoms with van der Waals surface area (Å²) in [7, 11) is 0. The van der Waals surface area contributed by atoms with E-state index in [4.69, 9.17) is 15.6 Å². The van der Waals surface area contributed by atoms with Gasteiger partial charge in [0.2, 0.25) is 5.91 Å². The third kappa shape index (κ3) is 10.7. The molecular formula is C10H19N3O5. The first-order valence-corrected chi connectivity index (χ1v) is 5.51. The maximum absolute atomic E-state index is 11.2. The summed E-state index contributed by atoms with van der Waals surface area (Å²) in [5.41, 5.74) is 4.84. The van der Waals surface area contributed by atoms with Gasteiger partial charge in [-0.2, -0.15) is 0 Å². The molecule has 0 aromatic rings. The van der Waals surface area contributed by atoms with Crippen LogP contribution in [0.15, 0.2) is 0 Å². The van der Waals surface area contributed by atoms with Gasteiger partial charge in [-0.3, -0.25) is 9.59 Å². The average Bonchev–Trinajstić information content (AvgIpc) is 2.24. The number of hydrogen-bond acceptors (Lipinski definition) is 4. The average molecular weight is 261 g/mol. The minimum absolute atomic E-state index is 0.00199. The van der Waals surface area contributed by atoms with Crippen LogP contribution in [0.4, 0.5) is 4.79 Å². The second kappa shape index (κ2) is 9.23. The molecule has 0 aromatic heterocycles. The van der Waals surface area contributed by atoms with Crippen LogP contribution in [0, 0.1) is 5.92 Å². The number of ether oxygens (including phenoxy) is 1. The molecule has 5 N–H and O–H groups in total. The Morgan fingerprint density at radius 2 is 2.00 bits per heavy atom. The van der Waals surface area contributed by atoms with Crippen LogP contribution in [0.25, 0.3) is 0 Å². The summed E-state index contributed by atoms with van der Waals surface area (Å²) in [4.78, 5) is 31.9. The zero-order chi connectivity index (χ0) is 14.0. The van der Waals surface area contributed by atoms with Crippen molar-refractivity contribution in [3.05, 3.63) is 0 Å². The van der Waals surface area contributed by atoms with Crippen LogP contribution >= 0.6 is 0 Å². The van der Waals surface area contributed by atoms with Crippen molar-refractivity contribution in [3.8, 4) is 0 Å². The Morgan fingerprint density at radius 1 is 1.33 bits per heavy atom. The lowest BCUT2D eigenvalue weighted by atomic mass is 10.1. The SMILES string of the molecule is CC(CNC(=O)NCCOCC(N)=O)CC(=O)O. The standard InChI is InChI=1S/C10H19N3O5/c1-7(4-9(15)16)5-13-10(17)12-2-3-18-6-8(11)14/h7H,2-6H2,1H3,(H2,11,14)(H,15,16)(H2,12,13,17). The number of carbonyl (C=O) groups excluding carboxylic acids is 2. The molecule has 0 fully saturated rings. The largest absolute Gasteiger partial charge is 0.481 e. The van der Waals surface area contributed by atoms with Gasteiger partial charge in [-0.15, -0.1) is 0 Å². The predicted octanol–water partition coefficient (Wildman–Crippen LogP) is -1.10. The number of nitrogens with two attached hydrogens (primary N) is 1. The lowest BCUT2D eigenvalue weighted by Crippen LogP contribution is -2.39. The molecule has 8 nitrogen and oxygen atoms in total. The Balaban J connectivity index is 3.48. The van der Waals surface area contributed by atoms with Gasteiger partial charge in [-0.25, -0.2) is 4.79 Å². The van der Waals surface area contributed by atoms with E-state index in [1.54, 1.807) is 6.92 Å². The summed E-state index contributed by atoms with van der Waals surface area (Å²) in [6.45, 7) is 2.25. The summed E-state index contributed by atoms with van der Waals surface area (Å²) in [5, 5.41) is 13.5. The molecule has 0 bridgehead atoms. The number of nitrogens with one attached hydrogen (secondary N) is 2. The van der Waals surface area contributed by atoms with E-state index in [2.05, 4.69) is 10.6 Å². The zero-order valence-electron chi connectivity index (χ0n) is 10.3. The van der Waals surface area contributed by atoms with Crippen LogP contribution in [0.3, 0.4) is 0 Å². The number of hydrogen-bond donors (Lipinski definition) is 4. The topological polar surface area (TPSA) is 131 Å². The lowest BCUT2D eigenvalue weighted by Gasteiger charge is -2.11. The molecule has 0 saturated carbocycles. The van der Waals surface area contributed by atoms with Crippen LogP contribution in [0.2, 0.25) is 0 Å². The smallest absolute Gasteiger partial charge is 0.314 e. The zero-order valence-corrected chi connectivity index (χ0v) is 10.3. The number of carboxylic acid groups (broad SMARTS) is 1. The van der Waals surface area contributed by atoms with Crippen molar-refractivity contribution in [2.75, 3.05) is 26.3 Å². The number of rotatable bonds is 9. The predicted molar refractivity (Wildman–Crippen MR) is 62.8 cm³/mol. The van der Waals surface area contributed by atoms with Gasteiger partial charge in [0.15, 0.2) is 0 Å². The fourth-order valence-corrected chi connectivity index (χ4v) is 1.11. The molecule has 0 heterocycles. The van der Waals surface area contributed by atoms with E-state index >= 15 is 0 Å². The molecule has 8 heteroatoms. The second-order valence-electron chi connectivity index (χ2n) is 3.86. The van der Waals surface area contributed by atoms with Crippen molar-refractivity contribution in [3.63, 3.8) is 0 Å². The summed E-state index contributed by atoms with van der Waals surface area (Å²) in [6, 6.07) is -0.407. The molecule has 0 aromatic carbocycles. The van der Waals surface area contributed by atoms with Crippen LogP contribution in [-0.2, 0) is 14.3 Å². The normalized spacial score (nSPS) is 11.6. The van der Waals surface area contributed by atoms with Crippen LogP contribution in [-0.4, -0.2) is 49.3 Å². The third-order valence-corrected chi connectivity index (χ3v) is 1.91. The summed E-state index contributed by atoms with van der Waals surface area (Å²) >= 11 is 0. The third-order valence-electron chi connectivity index (χ3n) is 1.91. The Kier molecular flexibility index (Phi) is 8.29. The van der Waals surface area contributed by atoms with Gasteiger partial charge in [0.25, 0.3) is 0 Å². The summed E-state index contributed by atoms with van der Waals surface area (Å²) in [5.74, 6) is -1.61. The molecule has 0 saturated heterocycles. The molecule has 0 radical (unpaired) electrons. The number of amides is 3. The Labute approximate surface area is 105 Å². The van der Waals surface area contributed by atoms with Crippen molar-refractivity contribution in [2.24, 2.45) is 11.7 Å². The number of carboxylic acids is 1. The second-order valence-corrected chi connectivity index (χ2v) is 3.86. The first-order valence-electron chi connectivity index (χ1n) is 5.51. The molecule has 0 aliphatic carbocycles. The molecule has 1 atom stereocenters. The fraction of sp³-hybridized carbons (Fsp3) is 0.700. The molecule has 0 rings (SSSR count). The van der Waals surface area contributed by atoms with Crippen LogP contribution in [0.5, 0.6) is 0 Å². The van der Waals surface area contributed by atoms with E-state index in [9.17, 15) is 14.4 Å². The van der Waals surface area contributed by atoms with E-state index in [1.165, 1.54) is 0 Å². The van der Waals surface area contributed by atoms with Crippen molar-refractivity contribution in [1.29, 1.82) is 0 Å². The highest BCUT2D eigenvalue weighted by atomic mass is 16.5. The van der Waals surface area contributed by atoms with Gasteiger partial charge in [0.1, 0.15) is 6.61 Å². The van der Waals surface area contributed by atoms with E-state index in [1.807, 2.05) is 0 Å². The van der Waals surface area contributed by atoms with Crippen molar-refractivity contribution in [2.45, 2.75) is 13.3 Å². The molecular weight excluding hydrogens is 242 g/mol. The molecule has 0 spiro atoms. The maximum Gasteiger partial charge on any atom is 0.314 e. The molecule has 18 heavy (non-hydrogen) atoms. The first kappa shape index (κ1) is 16.2. The van der Waals surface area contributed by atoms with Crippen LogP contribution < -0.4 is 16.4 Å². The molecule has 1 unspecified atom stereocenters. The quantitative estimate of drug-likeness (QED) is 0.391. The monoisotopic (exact) mass is 261 g/mol. The number of aliphatic carboxylic acids is 1. The molecule has 0 aliphatic rings. The summed E-state index contributed by atoms with van der Waals surface area (Å²) in [6.07, 6.45) is 0.00199. The number of primary amides is 1. The van der Waals surface area contributed by atoms with Crippen molar-refractivity contribution >= 4 is 17.9 Å². The number of carbonyl (C=O) groups is 3. The van der Waals surface area contributed by atoms with E-state index < -0.39 is 17.9 Å². The van der Waals surface area contributed by atoms with E-state index in [0.717, 1.165) is 0 Å². The molecule has 0 aliphatic heterocycles. The fourth-order valence-electron chi connectivity index (χ4n) is 1.11. The molecule has 3 amide bonds. The van der Waals surface area contributed by atoms with Gasteiger partial charge in [-0.1, -0.05) is 6.92 Å². The highest BCUT2D eigenvalue weighted by molar-refractivity contribution is 5.75. The van der Waals surface area contributed by atoms with Gasteiger partial charge in [0, 0.05) is 19.5 Å². The van der Waals surface area contributed by atoms with Gasteiger partial charge in [-0.05, 0) is 5.92 Å². The number of urea groups is 1. The first-order chi connectivity index (χ1) is 8.41. The maximum atomic E-state index is 11.2. The highest BCUT2D eigenvalue weighted by Gasteiger charge is 2.08. The minimum Gasteiger partial charge on any atom is -0.481 e. The molecule has 104 valence electrons. The van der Waals surface area contributed by atoms with E-state index in [-0.39, 0.29) is 38.6 Å². The summed E-state index contributed by atoms with van der Waals surface area (Å²) < 4.78 is 4.83. The Morgan fingerprint density at radius 3 is 2.56 bits per heavy atom. The van der Waals surface area contributed by atoms with Gasteiger partial charge >= 0.3 is 12.0 Å². The Bertz CT molecular complexity index is 295. The van der Waals surface area contributed by atoms with Gasteiger partial charge in [0.05, 0.1) is 6.61 Å². The minimum atomic E-state index is -0.899. The highest BCUT2D eigenvalue weighted by Crippen LogP contribution is 1.98. The van der Waals surface area contributed by atoms with Gasteiger partial charge < -0.3 is 26.2 Å². The lowest BCUT2D eigenvalue weighted by molar-refractivity contribution is -0.137. The van der Waals surface area contributed by atoms with Crippen molar-refractivity contribution < 1.29 is 24.2 Å².